The summed E-state index contributed by atoms with van der Waals surface area (Å²) in [6.45, 7) is 11.6. The first kappa shape index (κ1) is 30.2. The van der Waals surface area contributed by atoms with Gasteiger partial charge in [0.1, 0.15) is 17.4 Å². The number of aliphatic imine (C=N–C) groups is 1. The molecule has 0 spiro atoms. The SMILES string of the molecule is C=N/C(=C\C=C(/C)c1nc(-c2cnn(CC3CCCCO3)c2)cn2ncc(C#N)c12)N1CCN(Cc2ccc(OC)nc2)CC1. The van der Waals surface area contributed by atoms with E-state index in [0.717, 1.165) is 80.4 Å². The molecule has 4 aromatic heterocycles. The molecule has 6 rings (SSSR count). The third-order valence-electron chi connectivity index (χ3n) is 8.34. The lowest BCUT2D eigenvalue weighted by Gasteiger charge is -2.35. The van der Waals surface area contributed by atoms with E-state index in [-0.39, 0.29) is 6.10 Å². The average molecular weight is 607 g/mol. The topological polar surface area (TPSA) is 122 Å². The molecule has 0 N–H and O–H groups in total. The largest absolute Gasteiger partial charge is 0.481 e. The van der Waals surface area contributed by atoms with Gasteiger partial charge in [0.05, 0.1) is 55.3 Å². The Morgan fingerprint density at radius 1 is 1.13 bits per heavy atom. The molecule has 2 aliphatic heterocycles. The second kappa shape index (κ2) is 13.8. The molecule has 1 atom stereocenters. The molecule has 232 valence electrons. The van der Waals surface area contributed by atoms with Crippen molar-refractivity contribution >= 4 is 17.8 Å². The summed E-state index contributed by atoms with van der Waals surface area (Å²) in [6.07, 6.45) is 16.6. The third-order valence-corrected chi connectivity index (χ3v) is 8.34. The smallest absolute Gasteiger partial charge is 0.212 e. The maximum absolute atomic E-state index is 9.81. The predicted molar refractivity (Wildman–Crippen MR) is 171 cm³/mol. The number of pyridine rings is 1. The fourth-order valence-electron chi connectivity index (χ4n) is 5.82. The molecule has 2 fully saturated rings. The van der Waals surface area contributed by atoms with Crippen LogP contribution in [-0.4, -0.2) is 91.9 Å². The first-order valence-corrected chi connectivity index (χ1v) is 15.3. The van der Waals surface area contributed by atoms with Crippen LogP contribution in [0.4, 0.5) is 0 Å². The van der Waals surface area contributed by atoms with Crippen LogP contribution in [0.5, 0.6) is 5.88 Å². The quantitative estimate of drug-likeness (QED) is 0.193. The van der Waals surface area contributed by atoms with Gasteiger partial charge < -0.3 is 14.4 Å². The van der Waals surface area contributed by atoms with Crippen molar-refractivity contribution in [3.05, 3.63) is 77.9 Å². The van der Waals surface area contributed by atoms with Crippen LogP contribution in [0.1, 0.15) is 43.0 Å². The molecule has 0 saturated carbocycles. The first-order chi connectivity index (χ1) is 22.0. The van der Waals surface area contributed by atoms with Crippen molar-refractivity contribution in [2.45, 2.75) is 45.4 Å². The van der Waals surface area contributed by atoms with Gasteiger partial charge in [0.25, 0.3) is 0 Å². The van der Waals surface area contributed by atoms with Crippen molar-refractivity contribution in [3.63, 3.8) is 0 Å². The Morgan fingerprint density at radius 3 is 2.71 bits per heavy atom. The predicted octanol–water partition coefficient (Wildman–Crippen LogP) is 4.20. The van der Waals surface area contributed by atoms with E-state index in [4.69, 9.17) is 14.5 Å². The highest BCUT2D eigenvalue weighted by atomic mass is 16.5. The fourth-order valence-corrected chi connectivity index (χ4v) is 5.82. The lowest BCUT2D eigenvalue weighted by atomic mass is 10.1. The van der Waals surface area contributed by atoms with E-state index in [0.29, 0.717) is 29.2 Å². The van der Waals surface area contributed by atoms with Crippen molar-refractivity contribution in [1.29, 1.82) is 5.26 Å². The van der Waals surface area contributed by atoms with Gasteiger partial charge in [-0.15, -0.1) is 0 Å². The minimum Gasteiger partial charge on any atom is -0.481 e. The van der Waals surface area contributed by atoms with Gasteiger partial charge in [0, 0.05) is 63.4 Å². The van der Waals surface area contributed by atoms with E-state index in [1.54, 1.807) is 17.8 Å². The van der Waals surface area contributed by atoms with Crippen molar-refractivity contribution in [3.8, 4) is 23.2 Å². The standard InChI is InChI=1S/C33H38N10O2/c1-24(7-9-30(35-2)41-13-11-40(12-14-41)20-25-8-10-31(44-3)36-17-25)32-33-26(16-34)18-38-43(33)23-29(39-32)27-19-37-42(21-27)22-28-6-4-5-15-45-28/h7-10,17-19,21,23,28H,2,4-6,11-15,20,22H2,1,3H3/b24-7+,30-9+. The summed E-state index contributed by atoms with van der Waals surface area (Å²) in [5.74, 6) is 1.42. The van der Waals surface area contributed by atoms with Crippen LogP contribution < -0.4 is 4.74 Å². The Bertz CT molecular complexity index is 1730. The molecule has 6 heterocycles. The minimum atomic E-state index is 0.181. The van der Waals surface area contributed by atoms with E-state index in [9.17, 15) is 5.26 Å². The third kappa shape index (κ3) is 6.95. The Balaban J connectivity index is 1.19. The Labute approximate surface area is 262 Å². The van der Waals surface area contributed by atoms with E-state index in [1.165, 1.54) is 6.42 Å². The molecular formula is C33H38N10O2. The molecule has 12 nitrogen and oxygen atoms in total. The van der Waals surface area contributed by atoms with Crippen LogP contribution >= 0.6 is 0 Å². The zero-order valence-corrected chi connectivity index (χ0v) is 25.8. The van der Waals surface area contributed by atoms with E-state index in [1.807, 2.05) is 54.6 Å². The number of methoxy groups -OCH3 is 1. The molecule has 0 bridgehead atoms. The van der Waals surface area contributed by atoms with Crippen molar-refractivity contribution in [1.82, 2.24) is 39.2 Å². The highest BCUT2D eigenvalue weighted by Gasteiger charge is 2.20. The van der Waals surface area contributed by atoms with Gasteiger partial charge in [-0.3, -0.25) is 9.58 Å². The number of ether oxygens (including phenoxy) is 2. The maximum atomic E-state index is 9.81. The van der Waals surface area contributed by atoms with E-state index >= 15 is 0 Å². The minimum absolute atomic E-state index is 0.181. The van der Waals surface area contributed by atoms with Crippen molar-refractivity contribution in [2.24, 2.45) is 4.99 Å². The number of nitrogens with zero attached hydrogens (tertiary/aromatic N) is 10. The number of hydrogen-bond acceptors (Lipinski definition) is 10. The highest BCUT2D eigenvalue weighted by Crippen LogP contribution is 2.27. The van der Waals surface area contributed by atoms with Crippen LogP contribution in [0.25, 0.3) is 22.3 Å². The normalized spacial score (nSPS) is 18.2. The van der Waals surface area contributed by atoms with Gasteiger partial charge in [-0.25, -0.2) is 19.5 Å². The number of allylic oxidation sites excluding steroid dienone is 3. The molecule has 0 aromatic carbocycles. The summed E-state index contributed by atoms with van der Waals surface area (Å²) in [7, 11) is 1.62. The van der Waals surface area contributed by atoms with Crippen molar-refractivity contribution in [2.75, 3.05) is 39.9 Å². The summed E-state index contributed by atoms with van der Waals surface area (Å²) in [5, 5.41) is 18.8. The molecule has 0 aliphatic carbocycles. The summed E-state index contributed by atoms with van der Waals surface area (Å²) in [5.41, 5.74) is 5.46. The van der Waals surface area contributed by atoms with Gasteiger partial charge in [-0.1, -0.05) is 12.1 Å². The van der Waals surface area contributed by atoms with Crippen LogP contribution in [0.3, 0.4) is 0 Å². The van der Waals surface area contributed by atoms with Gasteiger partial charge >= 0.3 is 0 Å². The van der Waals surface area contributed by atoms with Crippen LogP contribution in [-0.2, 0) is 17.8 Å². The molecule has 0 radical (unpaired) electrons. The van der Waals surface area contributed by atoms with Crippen molar-refractivity contribution < 1.29 is 9.47 Å². The van der Waals surface area contributed by atoms with Gasteiger partial charge in [-0.05, 0) is 50.1 Å². The van der Waals surface area contributed by atoms with Gasteiger partial charge in [-0.2, -0.15) is 15.5 Å². The summed E-state index contributed by atoms with van der Waals surface area (Å²) < 4.78 is 14.7. The summed E-state index contributed by atoms with van der Waals surface area (Å²) in [6, 6.07) is 6.21. The fraction of sp³-hybridized carbons (Fsp3) is 0.394. The highest BCUT2D eigenvalue weighted by molar-refractivity contribution is 5.81. The lowest BCUT2D eigenvalue weighted by molar-refractivity contribution is 0.00400. The molecule has 0 amide bonds. The van der Waals surface area contributed by atoms with Crippen LogP contribution in [0.15, 0.2) is 66.1 Å². The lowest BCUT2D eigenvalue weighted by Crippen LogP contribution is -2.45. The molecule has 12 heteroatoms. The summed E-state index contributed by atoms with van der Waals surface area (Å²) in [4.78, 5) is 18.3. The zero-order valence-electron chi connectivity index (χ0n) is 25.8. The average Bonchev–Trinajstić information content (AvgIpc) is 3.73. The Kier molecular flexibility index (Phi) is 9.28. The molecular weight excluding hydrogens is 568 g/mol. The van der Waals surface area contributed by atoms with Gasteiger partial charge in [0.2, 0.25) is 5.88 Å². The van der Waals surface area contributed by atoms with E-state index in [2.05, 4.69) is 48.8 Å². The van der Waals surface area contributed by atoms with E-state index < -0.39 is 0 Å². The second-order valence-corrected chi connectivity index (χ2v) is 11.4. The van der Waals surface area contributed by atoms with Crippen LogP contribution in [0, 0.1) is 11.3 Å². The Hall–Kier alpha value is -4.86. The molecule has 1 unspecified atom stereocenters. The second-order valence-electron chi connectivity index (χ2n) is 11.4. The maximum Gasteiger partial charge on any atom is 0.212 e. The summed E-state index contributed by atoms with van der Waals surface area (Å²) >= 11 is 0. The Morgan fingerprint density at radius 2 is 2.00 bits per heavy atom. The molecule has 45 heavy (non-hydrogen) atoms. The molecule has 2 aliphatic rings. The molecule has 2 saturated heterocycles. The zero-order chi connectivity index (χ0) is 31.2. The number of hydrogen-bond donors (Lipinski definition) is 0. The first-order valence-electron chi connectivity index (χ1n) is 15.3. The van der Waals surface area contributed by atoms with Gasteiger partial charge in [0.15, 0.2) is 0 Å². The number of rotatable bonds is 10. The van der Waals surface area contributed by atoms with Crippen LogP contribution in [0.2, 0.25) is 0 Å². The molecule has 4 aromatic rings. The number of aromatic nitrogens is 6. The number of fused-ring (bicyclic) bond motifs is 1. The number of piperazine rings is 1. The monoisotopic (exact) mass is 606 g/mol. The number of nitriles is 1.